The minimum atomic E-state index is -0.648. The largest absolute Gasteiger partial charge is 0.462 e. The predicted molar refractivity (Wildman–Crippen MR) is 144 cm³/mol. The second kappa shape index (κ2) is 13.3. The molecule has 1 N–H and O–H groups in total. The van der Waals surface area contributed by atoms with Crippen LogP contribution >= 0.6 is 0 Å². The number of para-hydroxylation sites is 2. The molecular formula is C28H31N3O8. The Balaban J connectivity index is 1.85. The number of carbonyl (C=O) groups excluding carboxylic acids is 3. The maximum Gasteiger partial charge on any atom is 0.336 e. The van der Waals surface area contributed by atoms with Gasteiger partial charge in [-0.05, 0) is 37.6 Å². The average molecular weight is 538 g/mol. The molecule has 0 radical (unpaired) electrons. The maximum absolute atomic E-state index is 13.2. The SMILES string of the molecule is COCCOC(=O)C1=C(C)N(c2ccccc2[N+](=O)[O-])C(C)=C(C(=O)OCCc2ccc(NC(C)=O)cc2)C1. The number of rotatable bonds is 11. The Bertz CT molecular complexity index is 1310. The van der Waals surface area contributed by atoms with Gasteiger partial charge in [0.25, 0.3) is 5.69 Å². The summed E-state index contributed by atoms with van der Waals surface area (Å²) in [7, 11) is 1.48. The molecule has 2 aromatic carbocycles. The smallest absolute Gasteiger partial charge is 0.336 e. The molecule has 0 aromatic heterocycles. The Hall–Kier alpha value is -4.51. The number of allylic oxidation sites excluding steroid dienone is 2. The fraction of sp³-hybridized carbons (Fsp3) is 0.321. The van der Waals surface area contributed by atoms with E-state index in [0.29, 0.717) is 23.5 Å². The Kier molecular flexibility index (Phi) is 9.93. The van der Waals surface area contributed by atoms with Crippen LogP contribution in [-0.2, 0) is 35.0 Å². The maximum atomic E-state index is 13.2. The van der Waals surface area contributed by atoms with Crippen LogP contribution in [0.25, 0.3) is 0 Å². The van der Waals surface area contributed by atoms with E-state index in [1.54, 1.807) is 44.2 Å². The summed E-state index contributed by atoms with van der Waals surface area (Å²) >= 11 is 0. The highest BCUT2D eigenvalue weighted by Gasteiger charge is 2.34. The number of methoxy groups -OCH3 is 1. The second-order valence-corrected chi connectivity index (χ2v) is 8.78. The van der Waals surface area contributed by atoms with Crippen LogP contribution in [-0.4, -0.2) is 49.7 Å². The zero-order chi connectivity index (χ0) is 28.5. The summed E-state index contributed by atoms with van der Waals surface area (Å²) in [5.41, 5.74) is 2.80. The lowest BCUT2D eigenvalue weighted by Gasteiger charge is -2.33. The van der Waals surface area contributed by atoms with E-state index < -0.39 is 16.9 Å². The van der Waals surface area contributed by atoms with Crippen molar-refractivity contribution in [1.82, 2.24) is 0 Å². The molecule has 2 aromatic rings. The van der Waals surface area contributed by atoms with Crippen molar-refractivity contribution in [3.8, 4) is 0 Å². The molecule has 11 nitrogen and oxygen atoms in total. The number of nitro groups is 1. The van der Waals surface area contributed by atoms with Crippen molar-refractivity contribution < 1.29 is 33.5 Å². The van der Waals surface area contributed by atoms with E-state index in [4.69, 9.17) is 14.2 Å². The molecule has 11 heteroatoms. The average Bonchev–Trinajstić information content (AvgIpc) is 2.89. The molecule has 1 amide bonds. The Morgan fingerprint density at radius 2 is 1.51 bits per heavy atom. The number of nitro benzene ring substituents is 1. The molecule has 0 saturated heterocycles. The summed E-state index contributed by atoms with van der Waals surface area (Å²) in [6, 6.07) is 13.2. The zero-order valence-corrected chi connectivity index (χ0v) is 22.3. The van der Waals surface area contributed by atoms with Gasteiger partial charge in [0.05, 0.1) is 29.3 Å². The number of amides is 1. The third-order valence-electron chi connectivity index (χ3n) is 6.13. The van der Waals surface area contributed by atoms with Crippen LogP contribution in [0.4, 0.5) is 17.1 Å². The molecule has 3 rings (SSSR count). The summed E-state index contributed by atoms with van der Waals surface area (Å²) in [5, 5.41) is 14.5. The molecule has 0 unspecified atom stereocenters. The van der Waals surface area contributed by atoms with Gasteiger partial charge in [0.2, 0.25) is 5.91 Å². The van der Waals surface area contributed by atoms with E-state index in [2.05, 4.69) is 5.32 Å². The van der Waals surface area contributed by atoms with Crippen molar-refractivity contribution in [3.05, 3.63) is 86.7 Å². The van der Waals surface area contributed by atoms with E-state index in [9.17, 15) is 24.5 Å². The van der Waals surface area contributed by atoms with Gasteiger partial charge in [-0.15, -0.1) is 0 Å². The molecule has 1 heterocycles. The standard InChI is InChI=1S/C28H31N3O8/c1-18-23(27(33)38-14-13-21-9-11-22(12-10-21)29-20(3)32)17-24(28(34)39-16-15-37-4)19(2)30(18)25-7-5-6-8-26(25)31(35)36/h5-12H,13-17H2,1-4H3,(H,29,32). The molecule has 206 valence electrons. The van der Waals surface area contributed by atoms with Gasteiger partial charge in [0.15, 0.2) is 0 Å². The Morgan fingerprint density at radius 3 is 2.08 bits per heavy atom. The van der Waals surface area contributed by atoms with Gasteiger partial charge in [-0.2, -0.15) is 0 Å². The van der Waals surface area contributed by atoms with E-state index in [0.717, 1.165) is 5.56 Å². The molecule has 1 aliphatic rings. The van der Waals surface area contributed by atoms with Crippen LogP contribution < -0.4 is 10.2 Å². The normalized spacial score (nSPS) is 13.3. The predicted octanol–water partition coefficient (Wildman–Crippen LogP) is 4.29. The van der Waals surface area contributed by atoms with Crippen molar-refractivity contribution in [2.24, 2.45) is 0 Å². The van der Waals surface area contributed by atoms with Gasteiger partial charge in [0.1, 0.15) is 12.3 Å². The van der Waals surface area contributed by atoms with Crippen molar-refractivity contribution in [1.29, 1.82) is 0 Å². The molecule has 1 aliphatic heterocycles. The van der Waals surface area contributed by atoms with Gasteiger partial charge in [-0.3, -0.25) is 14.9 Å². The van der Waals surface area contributed by atoms with E-state index >= 15 is 0 Å². The lowest BCUT2D eigenvalue weighted by atomic mass is 9.95. The number of ether oxygens (including phenoxy) is 3. The molecule has 0 fully saturated rings. The molecule has 0 saturated carbocycles. The first-order valence-electron chi connectivity index (χ1n) is 12.3. The van der Waals surface area contributed by atoms with Gasteiger partial charge in [-0.1, -0.05) is 24.3 Å². The minimum Gasteiger partial charge on any atom is -0.462 e. The minimum absolute atomic E-state index is 0.0147. The second-order valence-electron chi connectivity index (χ2n) is 8.78. The summed E-state index contributed by atoms with van der Waals surface area (Å²) in [4.78, 5) is 50.1. The number of carbonyl (C=O) groups is 3. The molecule has 0 bridgehead atoms. The van der Waals surface area contributed by atoms with Gasteiger partial charge in [-0.25, -0.2) is 9.59 Å². The van der Waals surface area contributed by atoms with Crippen LogP contribution in [0.3, 0.4) is 0 Å². The van der Waals surface area contributed by atoms with Gasteiger partial charge >= 0.3 is 11.9 Å². The fourth-order valence-electron chi connectivity index (χ4n) is 4.17. The number of benzene rings is 2. The van der Waals surface area contributed by atoms with Gasteiger partial charge < -0.3 is 24.4 Å². The molecule has 0 atom stereocenters. The molecule has 0 spiro atoms. The van der Waals surface area contributed by atoms with Crippen LogP contribution in [0.1, 0.15) is 32.8 Å². The van der Waals surface area contributed by atoms with E-state index in [1.807, 2.05) is 12.1 Å². The number of esters is 2. The number of hydrogen-bond donors (Lipinski definition) is 1. The lowest BCUT2D eigenvalue weighted by molar-refractivity contribution is -0.384. The monoisotopic (exact) mass is 537 g/mol. The Morgan fingerprint density at radius 1 is 0.923 bits per heavy atom. The first kappa shape index (κ1) is 29.1. The quantitative estimate of drug-likeness (QED) is 0.193. The number of nitrogens with zero attached hydrogens (tertiary/aromatic N) is 2. The van der Waals surface area contributed by atoms with E-state index in [1.165, 1.54) is 25.0 Å². The number of anilines is 2. The fourth-order valence-corrected chi connectivity index (χ4v) is 4.17. The first-order chi connectivity index (χ1) is 18.6. The summed E-state index contributed by atoms with van der Waals surface area (Å²) < 4.78 is 15.8. The summed E-state index contributed by atoms with van der Waals surface area (Å²) in [6.45, 7) is 5.01. The topological polar surface area (TPSA) is 137 Å². The third-order valence-corrected chi connectivity index (χ3v) is 6.13. The van der Waals surface area contributed by atoms with Crippen LogP contribution in [0, 0.1) is 10.1 Å². The zero-order valence-electron chi connectivity index (χ0n) is 22.3. The van der Waals surface area contributed by atoms with E-state index in [-0.39, 0.29) is 54.7 Å². The molecule has 0 aliphatic carbocycles. The molecule has 39 heavy (non-hydrogen) atoms. The van der Waals surface area contributed by atoms with Crippen molar-refractivity contribution >= 4 is 34.9 Å². The van der Waals surface area contributed by atoms with Gasteiger partial charge in [0, 0.05) is 50.0 Å². The summed E-state index contributed by atoms with van der Waals surface area (Å²) in [5.74, 6) is -1.46. The highest BCUT2D eigenvalue weighted by molar-refractivity contribution is 5.99. The number of nitrogens with one attached hydrogen (secondary N) is 1. The highest BCUT2D eigenvalue weighted by atomic mass is 16.6. The molecular weight excluding hydrogens is 506 g/mol. The van der Waals surface area contributed by atoms with Crippen molar-refractivity contribution in [3.63, 3.8) is 0 Å². The third kappa shape index (κ3) is 7.29. The van der Waals surface area contributed by atoms with Crippen LogP contribution in [0.2, 0.25) is 0 Å². The highest BCUT2D eigenvalue weighted by Crippen LogP contribution is 2.39. The first-order valence-corrected chi connectivity index (χ1v) is 12.3. The van der Waals surface area contributed by atoms with Crippen molar-refractivity contribution in [2.75, 3.05) is 37.1 Å². The van der Waals surface area contributed by atoms with Crippen LogP contribution in [0.15, 0.2) is 71.1 Å². The number of hydrogen-bond acceptors (Lipinski definition) is 9. The summed E-state index contributed by atoms with van der Waals surface area (Å²) in [6.07, 6.45) is 0.373. The van der Waals surface area contributed by atoms with Crippen LogP contribution in [0.5, 0.6) is 0 Å². The Labute approximate surface area is 226 Å². The lowest BCUT2D eigenvalue weighted by Crippen LogP contribution is -2.31. The van der Waals surface area contributed by atoms with Crippen molar-refractivity contribution in [2.45, 2.75) is 33.6 Å².